The van der Waals surface area contributed by atoms with Gasteiger partial charge in [0, 0.05) is 7.11 Å². The summed E-state index contributed by atoms with van der Waals surface area (Å²) in [6, 6.07) is 0. The zero-order valence-corrected chi connectivity index (χ0v) is 12.1. The van der Waals surface area contributed by atoms with E-state index in [1.165, 1.54) is 24.9 Å². The van der Waals surface area contributed by atoms with Gasteiger partial charge in [0.15, 0.2) is 0 Å². The number of aromatic carboxylic acids is 1. The SMILES string of the molecule is COCc1nc(C2(N)CCCC(C)C2)sc1C(=O)O. The van der Waals surface area contributed by atoms with Gasteiger partial charge in [0.25, 0.3) is 0 Å². The highest BCUT2D eigenvalue weighted by atomic mass is 32.1. The van der Waals surface area contributed by atoms with Crippen LogP contribution in [0, 0.1) is 5.92 Å². The molecule has 1 aromatic rings. The minimum Gasteiger partial charge on any atom is -0.477 e. The smallest absolute Gasteiger partial charge is 0.347 e. The van der Waals surface area contributed by atoms with E-state index in [2.05, 4.69) is 11.9 Å². The molecule has 0 amide bonds. The molecule has 0 spiro atoms. The first-order valence-corrected chi connectivity index (χ1v) is 7.29. The van der Waals surface area contributed by atoms with E-state index in [4.69, 9.17) is 10.5 Å². The maximum Gasteiger partial charge on any atom is 0.347 e. The third-order valence-corrected chi connectivity index (χ3v) is 4.94. The van der Waals surface area contributed by atoms with Gasteiger partial charge in [-0.15, -0.1) is 11.3 Å². The minimum absolute atomic E-state index is 0.212. The second-order valence-corrected chi connectivity index (χ2v) is 6.39. The van der Waals surface area contributed by atoms with Gasteiger partial charge in [-0.2, -0.15) is 0 Å². The number of hydrogen-bond acceptors (Lipinski definition) is 5. The van der Waals surface area contributed by atoms with Crippen molar-refractivity contribution in [2.24, 2.45) is 11.7 Å². The number of thiazole rings is 1. The topological polar surface area (TPSA) is 85.4 Å². The van der Waals surface area contributed by atoms with Crippen molar-refractivity contribution in [3.8, 4) is 0 Å². The Morgan fingerprint density at radius 2 is 2.42 bits per heavy atom. The van der Waals surface area contributed by atoms with Gasteiger partial charge in [-0.1, -0.05) is 19.8 Å². The molecule has 1 saturated carbocycles. The number of aromatic nitrogens is 1. The lowest BCUT2D eigenvalue weighted by molar-refractivity contribution is 0.0697. The van der Waals surface area contributed by atoms with E-state index in [1.54, 1.807) is 0 Å². The Morgan fingerprint density at radius 3 is 3.00 bits per heavy atom. The van der Waals surface area contributed by atoms with E-state index in [1.807, 2.05) is 0 Å². The predicted molar refractivity (Wildman–Crippen MR) is 73.3 cm³/mol. The van der Waals surface area contributed by atoms with Crippen LogP contribution in [0.1, 0.15) is 53.0 Å². The maximum atomic E-state index is 11.2. The zero-order valence-electron chi connectivity index (χ0n) is 11.3. The highest BCUT2D eigenvalue weighted by Gasteiger charge is 2.36. The Balaban J connectivity index is 2.34. The minimum atomic E-state index is -0.955. The van der Waals surface area contributed by atoms with Crippen molar-refractivity contribution in [2.75, 3.05) is 7.11 Å². The maximum absolute atomic E-state index is 11.2. The molecule has 6 heteroatoms. The molecule has 0 aliphatic heterocycles. The average Bonchev–Trinajstić information content (AvgIpc) is 2.74. The third-order valence-electron chi connectivity index (χ3n) is 3.63. The summed E-state index contributed by atoms with van der Waals surface area (Å²) in [6.45, 7) is 2.40. The van der Waals surface area contributed by atoms with Crippen molar-refractivity contribution in [1.29, 1.82) is 0 Å². The van der Waals surface area contributed by atoms with Crippen LogP contribution in [0.15, 0.2) is 0 Å². The number of carboxylic acids is 1. The number of hydrogen-bond donors (Lipinski definition) is 2. The molecule has 2 unspecified atom stereocenters. The molecule has 106 valence electrons. The van der Waals surface area contributed by atoms with Crippen LogP contribution in [-0.4, -0.2) is 23.2 Å². The number of rotatable bonds is 4. The highest BCUT2D eigenvalue weighted by Crippen LogP contribution is 2.40. The molecule has 0 aromatic carbocycles. The Kier molecular flexibility index (Phi) is 4.23. The lowest BCUT2D eigenvalue weighted by Crippen LogP contribution is -2.40. The molecular formula is C13H20N2O3S. The Labute approximate surface area is 116 Å². The first-order chi connectivity index (χ1) is 8.96. The fourth-order valence-corrected chi connectivity index (χ4v) is 3.80. The largest absolute Gasteiger partial charge is 0.477 e. The fourth-order valence-electron chi connectivity index (χ4n) is 2.75. The summed E-state index contributed by atoms with van der Waals surface area (Å²) in [6.07, 6.45) is 3.99. The molecule has 2 atom stereocenters. The molecule has 5 nitrogen and oxygen atoms in total. The summed E-state index contributed by atoms with van der Waals surface area (Å²) in [5.41, 5.74) is 6.47. The van der Waals surface area contributed by atoms with E-state index in [0.29, 0.717) is 11.6 Å². The summed E-state index contributed by atoms with van der Waals surface area (Å²) >= 11 is 1.20. The van der Waals surface area contributed by atoms with Crippen LogP contribution in [0.25, 0.3) is 0 Å². The van der Waals surface area contributed by atoms with E-state index in [0.717, 1.165) is 24.3 Å². The molecule has 1 heterocycles. The van der Waals surface area contributed by atoms with Gasteiger partial charge in [0.05, 0.1) is 17.8 Å². The molecule has 1 fully saturated rings. The van der Waals surface area contributed by atoms with Crippen molar-refractivity contribution < 1.29 is 14.6 Å². The van der Waals surface area contributed by atoms with Crippen LogP contribution < -0.4 is 5.73 Å². The van der Waals surface area contributed by atoms with E-state index >= 15 is 0 Å². The van der Waals surface area contributed by atoms with Crippen LogP contribution in [0.3, 0.4) is 0 Å². The van der Waals surface area contributed by atoms with Crippen LogP contribution in [0.4, 0.5) is 0 Å². The molecule has 3 N–H and O–H groups in total. The molecule has 1 aliphatic rings. The molecule has 0 radical (unpaired) electrons. The number of carboxylic acid groups (broad SMARTS) is 1. The summed E-state index contributed by atoms with van der Waals surface area (Å²) in [7, 11) is 1.53. The molecule has 2 rings (SSSR count). The Bertz CT molecular complexity index is 474. The lowest BCUT2D eigenvalue weighted by atomic mass is 9.77. The molecule has 0 saturated heterocycles. The van der Waals surface area contributed by atoms with Crippen LogP contribution in [-0.2, 0) is 16.9 Å². The zero-order chi connectivity index (χ0) is 14.0. The van der Waals surface area contributed by atoms with E-state index in [-0.39, 0.29) is 11.5 Å². The first-order valence-electron chi connectivity index (χ1n) is 6.47. The van der Waals surface area contributed by atoms with Crippen LogP contribution in [0.5, 0.6) is 0 Å². The van der Waals surface area contributed by atoms with Gasteiger partial charge in [0.1, 0.15) is 9.88 Å². The van der Waals surface area contributed by atoms with Crippen molar-refractivity contribution in [3.05, 3.63) is 15.6 Å². The summed E-state index contributed by atoms with van der Waals surface area (Å²) in [4.78, 5) is 15.9. The molecule has 19 heavy (non-hydrogen) atoms. The second-order valence-electron chi connectivity index (χ2n) is 5.39. The number of methoxy groups -OCH3 is 1. The number of carbonyl (C=O) groups is 1. The number of nitrogens with zero attached hydrogens (tertiary/aromatic N) is 1. The highest BCUT2D eigenvalue weighted by molar-refractivity contribution is 7.13. The van der Waals surface area contributed by atoms with Crippen molar-refractivity contribution in [1.82, 2.24) is 4.98 Å². The summed E-state index contributed by atoms with van der Waals surface area (Å²) in [5, 5.41) is 9.95. The van der Waals surface area contributed by atoms with E-state index in [9.17, 15) is 9.90 Å². The lowest BCUT2D eigenvalue weighted by Gasteiger charge is -2.35. The fraction of sp³-hybridized carbons (Fsp3) is 0.692. The van der Waals surface area contributed by atoms with Crippen molar-refractivity contribution in [2.45, 2.75) is 44.8 Å². The molecule has 1 aromatic heterocycles. The standard InChI is InChI=1S/C13H20N2O3S/c1-8-4-3-5-13(14,6-8)12-15-9(7-18-2)10(19-12)11(16)17/h8H,3-7,14H2,1-2H3,(H,16,17). The normalized spacial score (nSPS) is 27.4. The van der Waals surface area contributed by atoms with Gasteiger partial charge in [-0.25, -0.2) is 9.78 Å². The van der Waals surface area contributed by atoms with Crippen LogP contribution in [0.2, 0.25) is 0 Å². The van der Waals surface area contributed by atoms with Crippen molar-refractivity contribution in [3.63, 3.8) is 0 Å². The first kappa shape index (κ1) is 14.4. The summed E-state index contributed by atoms with van der Waals surface area (Å²) < 4.78 is 5.01. The predicted octanol–water partition coefficient (Wildman–Crippen LogP) is 2.35. The quantitative estimate of drug-likeness (QED) is 0.886. The monoisotopic (exact) mass is 284 g/mol. The number of ether oxygens (including phenoxy) is 1. The Hall–Kier alpha value is -0.980. The van der Waals surface area contributed by atoms with Crippen LogP contribution >= 0.6 is 11.3 Å². The average molecular weight is 284 g/mol. The van der Waals surface area contributed by atoms with Crippen molar-refractivity contribution >= 4 is 17.3 Å². The second kappa shape index (κ2) is 5.56. The molecular weight excluding hydrogens is 264 g/mol. The molecule has 1 aliphatic carbocycles. The van der Waals surface area contributed by atoms with Gasteiger partial charge in [-0.05, 0) is 18.8 Å². The van der Waals surface area contributed by atoms with Gasteiger partial charge in [0.2, 0.25) is 0 Å². The Morgan fingerprint density at radius 1 is 1.68 bits per heavy atom. The van der Waals surface area contributed by atoms with Gasteiger partial charge in [-0.3, -0.25) is 0 Å². The van der Waals surface area contributed by atoms with Gasteiger partial charge < -0.3 is 15.6 Å². The van der Waals surface area contributed by atoms with Gasteiger partial charge >= 0.3 is 5.97 Å². The number of nitrogens with two attached hydrogens (primary N) is 1. The summed E-state index contributed by atoms with van der Waals surface area (Å²) in [5.74, 6) is -0.398. The third kappa shape index (κ3) is 2.96. The van der Waals surface area contributed by atoms with E-state index < -0.39 is 11.5 Å². The molecule has 0 bridgehead atoms.